The minimum atomic E-state index is -2.75. The van der Waals surface area contributed by atoms with E-state index in [9.17, 15) is 27.1 Å². The van der Waals surface area contributed by atoms with Gasteiger partial charge < -0.3 is 20.6 Å². The van der Waals surface area contributed by atoms with Crippen LogP contribution in [0, 0.1) is 0 Å². The number of primary amides is 2. The van der Waals surface area contributed by atoms with E-state index in [1.165, 1.54) is 0 Å². The molecule has 4 atom stereocenters. The summed E-state index contributed by atoms with van der Waals surface area (Å²) in [7, 11) is 0. The van der Waals surface area contributed by atoms with E-state index < -0.39 is 44.5 Å². The molecule has 10 heteroatoms. The maximum absolute atomic E-state index is 10.7. The van der Waals surface area contributed by atoms with Gasteiger partial charge >= 0.3 is 0 Å². The maximum Gasteiger partial charge on any atom is 0.231 e. The van der Waals surface area contributed by atoms with E-state index >= 15 is 0 Å². The van der Waals surface area contributed by atoms with Crippen LogP contribution in [0.1, 0.15) is 12.8 Å². The molecule has 0 aromatic heterocycles. The van der Waals surface area contributed by atoms with E-state index in [1.54, 1.807) is 0 Å². The van der Waals surface area contributed by atoms with Crippen molar-refractivity contribution in [2.24, 2.45) is 11.5 Å². The summed E-state index contributed by atoms with van der Waals surface area (Å²) in [5.41, 5.74) is 9.55. The molecular formula is C6H10N2O6S2-2. The summed E-state index contributed by atoms with van der Waals surface area (Å²) < 4.78 is 42.1. The Morgan fingerprint density at radius 3 is 1.31 bits per heavy atom. The second-order valence-electron chi connectivity index (χ2n) is 2.88. The molecule has 0 heterocycles. The summed E-state index contributed by atoms with van der Waals surface area (Å²) >= 11 is -5.51. The molecule has 0 radical (unpaired) electrons. The Balaban J connectivity index is 4.50. The van der Waals surface area contributed by atoms with Crippen molar-refractivity contribution in [3.05, 3.63) is 0 Å². The van der Waals surface area contributed by atoms with Crippen LogP contribution in [-0.2, 0) is 31.7 Å². The molecule has 0 aromatic carbocycles. The van der Waals surface area contributed by atoms with Crippen LogP contribution in [0.3, 0.4) is 0 Å². The number of hydrogen-bond donors (Lipinski definition) is 2. The van der Waals surface area contributed by atoms with E-state index in [0.29, 0.717) is 0 Å². The van der Waals surface area contributed by atoms with Crippen molar-refractivity contribution in [1.82, 2.24) is 0 Å². The Morgan fingerprint density at radius 1 is 0.938 bits per heavy atom. The van der Waals surface area contributed by atoms with Gasteiger partial charge in [0, 0.05) is 0 Å². The first kappa shape index (κ1) is 15.2. The lowest BCUT2D eigenvalue weighted by atomic mass is 10.1. The number of amides is 2. The monoisotopic (exact) mass is 270 g/mol. The highest BCUT2D eigenvalue weighted by molar-refractivity contribution is 7.81. The number of nitrogens with two attached hydrogens (primary N) is 2. The van der Waals surface area contributed by atoms with Gasteiger partial charge in [0.25, 0.3) is 0 Å². The van der Waals surface area contributed by atoms with Crippen LogP contribution in [0.15, 0.2) is 0 Å². The van der Waals surface area contributed by atoms with Crippen molar-refractivity contribution in [3.63, 3.8) is 0 Å². The highest BCUT2D eigenvalue weighted by Gasteiger charge is 2.22. The van der Waals surface area contributed by atoms with Gasteiger partial charge in [0.05, 0.1) is 0 Å². The lowest BCUT2D eigenvalue weighted by Crippen LogP contribution is -2.37. The second kappa shape index (κ2) is 6.68. The van der Waals surface area contributed by atoms with E-state index in [0.717, 1.165) is 0 Å². The summed E-state index contributed by atoms with van der Waals surface area (Å²) in [4.78, 5) is 21.3. The first-order valence-corrected chi connectivity index (χ1v) is 6.29. The SMILES string of the molecule is NC(=O)C(CCC(C(N)=O)S(=O)[O-])S(=O)[O-]. The molecule has 0 aromatic rings. The Hall–Kier alpha value is -0.840. The molecule has 2 amide bonds. The lowest BCUT2D eigenvalue weighted by Gasteiger charge is -2.20. The molecule has 0 aliphatic carbocycles. The molecule has 94 valence electrons. The predicted molar refractivity (Wildman–Crippen MR) is 53.0 cm³/mol. The van der Waals surface area contributed by atoms with E-state index in [-0.39, 0.29) is 12.8 Å². The highest BCUT2D eigenvalue weighted by Crippen LogP contribution is 2.09. The summed E-state index contributed by atoms with van der Waals surface area (Å²) in [5, 5.41) is -3.05. The van der Waals surface area contributed by atoms with Gasteiger partial charge in [-0.15, -0.1) is 0 Å². The first-order chi connectivity index (χ1) is 7.27. The Bertz CT molecular complexity index is 273. The van der Waals surface area contributed by atoms with Gasteiger partial charge in [-0.25, -0.2) is 0 Å². The topological polar surface area (TPSA) is 166 Å². The standard InChI is InChI=1S/C6H12N2O6S2/c7-5(9)3(15(11)12)1-2-4(6(8)10)16(13)14/h3-4H,1-2H2,(H2,7,9)(H2,8,10)(H,11,12)(H,13,14)/p-2. The molecule has 4 N–H and O–H groups in total. The largest absolute Gasteiger partial charge is 0.772 e. The molecule has 0 spiro atoms. The molecular weight excluding hydrogens is 260 g/mol. The molecule has 0 fully saturated rings. The van der Waals surface area contributed by atoms with Crippen molar-refractivity contribution in [3.8, 4) is 0 Å². The van der Waals surface area contributed by atoms with Gasteiger partial charge in [0.2, 0.25) is 11.8 Å². The molecule has 0 saturated heterocycles. The smallest absolute Gasteiger partial charge is 0.231 e. The summed E-state index contributed by atoms with van der Waals surface area (Å²) in [6.45, 7) is 0. The molecule has 16 heavy (non-hydrogen) atoms. The molecule has 8 nitrogen and oxygen atoms in total. The third-order valence-corrected chi connectivity index (χ3v) is 3.66. The first-order valence-electron chi connectivity index (χ1n) is 4.02. The Kier molecular flexibility index (Phi) is 6.33. The minimum Gasteiger partial charge on any atom is -0.772 e. The second-order valence-corrected chi connectivity index (χ2v) is 5.06. The van der Waals surface area contributed by atoms with Crippen LogP contribution in [0.4, 0.5) is 0 Å². The molecule has 0 aliphatic heterocycles. The van der Waals surface area contributed by atoms with Crippen molar-refractivity contribution in [1.29, 1.82) is 0 Å². The number of carbonyl (C=O) groups is 2. The average Bonchev–Trinajstić information content (AvgIpc) is 2.09. The number of hydrogen-bond acceptors (Lipinski definition) is 6. The Morgan fingerprint density at radius 2 is 1.19 bits per heavy atom. The van der Waals surface area contributed by atoms with Gasteiger partial charge in [-0.3, -0.25) is 18.0 Å². The zero-order valence-corrected chi connectivity index (χ0v) is 9.62. The Labute approximate surface area is 96.3 Å². The van der Waals surface area contributed by atoms with E-state index in [1.807, 2.05) is 0 Å². The zero-order chi connectivity index (χ0) is 12.9. The fourth-order valence-corrected chi connectivity index (χ4v) is 2.01. The van der Waals surface area contributed by atoms with Gasteiger partial charge in [0.15, 0.2) is 0 Å². The molecule has 4 unspecified atom stereocenters. The fraction of sp³-hybridized carbons (Fsp3) is 0.667. The lowest BCUT2D eigenvalue weighted by molar-refractivity contribution is -0.119. The van der Waals surface area contributed by atoms with Crippen LogP contribution < -0.4 is 11.5 Å². The van der Waals surface area contributed by atoms with Gasteiger partial charge in [-0.05, 0) is 35.0 Å². The molecule has 0 aliphatic rings. The molecule has 0 saturated carbocycles. The fourth-order valence-electron chi connectivity index (χ4n) is 0.969. The molecule has 0 bridgehead atoms. The van der Waals surface area contributed by atoms with Crippen LogP contribution in [-0.4, -0.2) is 39.8 Å². The summed E-state index contributed by atoms with van der Waals surface area (Å²) in [5.74, 6) is -2.21. The number of rotatable bonds is 7. The van der Waals surface area contributed by atoms with Crippen molar-refractivity contribution in [2.45, 2.75) is 23.3 Å². The summed E-state index contributed by atoms with van der Waals surface area (Å²) in [6.07, 6.45) is -0.736. The van der Waals surface area contributed by atoms with Gasteiger partial charge in [-0.2, -0.15) is 0 Å². The van der Waals surface area contributed by atoms with Crippen LogP contribution >= 0.6 is 0 Å². The maximum atomic E-state index is 10.7. The predicted octanol–water partition coefficient (Wildman–Crippen LogP) is -2.77. The van der Waals surface area contributed by atoms with Crippen molar-refractivity contribution >= 4 is 34.0 Å². The third-order valence-electron chi connectivity index (χ3n) is 1.79. The summed E-state index contributed by atoms with van der Waals surface area (Å²) in [6, 6.07) is 0. The van der Waals surface area contributed by atoms with Crippen LogP contribution in [0.25, 0.3) is 0 Å². The molecule has 0 rings (SSSR count). The zero-order valence-electron chi connectivity index (χ0n) is 7.99. The minimum absolute atomic E-state index is 0.368. The van der Waals surface area contributed by atoms with Gasteiger partial charge in [0.1, 0.15) is 10.5 Å². The van der Waals surface area contributed by atoms with E-state index in [4.69, 9.17) is 11.5 Å². The third kappa shape index (κ3) is 4.79. The van der Waals surface area contributed by atoms with Crippen LogP contribution in [0.2, 0.25) is 0 Å². The quantitative estimate of drug-likeness (QED) is 0.475. The van der Waals surface area contributed by atoms with Crippen molar-refractivity contribution < 1.29 is 27.1 Å². The average molecular weight is 270 g/mol. The van der Waals surface area contributed by atoms with E-state index in [2.05, 4.69) is 0 Å². The van der Waals surface area contributed by atoms with Crippen molar-refractivity contribution in [2.75, 3.05) is 0 Å². The van der Waals surface area contributed by atoms with Crippen LogP contribution in [0.5, 0.6) is 0 Å². The normalized spacial score (nSPS) is 18.4. The number of carbonyl (C=O) groups excluding carboxylic acids is 2. The highest BCUT2D eigenvalue weighted by atomic mass is 32.2. The van der Waals surface area contributed by atoms with Gasteiger partial charge in [-0.1, -0.05) is 0 Å².